The van der Waals surface area contributed by atoms with Crippen molar-refractivity contribution in [2.75, 3.05) is 0 Å². The van der Waals surface area contributed by atoms with Crippen molar-refractivity contribution >= 4 is 22.7 Å². The lowest BCUT2D eigenvalue weighted by Gasteiger charge is -2.20. The summed E-state index contributed by atoms with van der Waals surface area (Å²) in [6, 6.07) is 8.96. The Bertz CT molecular complexity index is 749. The van der Waals surface area contributed by atoms with E-state index < -0.39 is 11.9 Å². The first-order valence-corrected chi connectivity index (χ1v) is 8.53. The molecule has 0 aliphatic carbocycles. The Labute approximate surface area is 142 Å². The Hall–Kier alpha value is -2.36. The van der Waals surface area contributed by atoms with Crippen molar-refractivity contribution in [1.29, 1.82) is 0 Å². The summed E-state index contributed by atoms with van der Waals surface area (Å²) in [5.41, 5.74) is 0.506. The van der Waals surface area contributed by atoms with Crippen molar-refractivity contribution in [3.63, 3.8) is 0 Å². The molecule has 1 unspecified atom stereocenters. The second-order valence-electron chi connectivity index (χ2n) is 6.15. The predicted octanol–water partition coefficient (Wildman–Crippen LogP) is 5.31. The van der Waals surface area contributed by atoms with E-state index in [1.807, 2.05) is 25.1 Å². The molecule has 0 saturated carbocycles. The minimum Gasteiger partial charge on any atom is -0.478 e. The minimum atomic E-state index is -1.19. The van der Waals surface area contributed by atoms with Crippen LogP contribution < -0.4 is 0 Å². The summed E-state index contributed by atoms with van der Waals surface area (Å²) in [5.74, 6) is -2.29. The topological polar surface area (TPSA) is 74.6 Å². The van der Waals surface area contributed by atoms with Crippen LogP contribution in [0.25, 0.3) is 10.8 Å². The van der Waals surface area contributed by atoms with Gasteiger partial charge in [-0.2, -0.15) is 0 Å². The van der Waals surface area contributed by atoms with Gasteiger partial charge in [-0.05, 0) is 41.2 Å². The van der Waals surface area contributed by atoms with Crippen LogP contribution in [0.4, 0.5) is 0 Å². The Morgan fingerprint density at radius 1 is 1.00 bits per heavy atom. The summed E-state index contributed by atoms with van der Waals surface area (Å²) in [6.45, 7) is 4.15. The van der Waals surface area contributed by atoms with Crippen molar-refractivity contribution in [2.24, 2.45) is 0 Å². The second-order valence-corrected chi connectivity index (χ2v) is 6.15. The highest BCUT2D eigenvalue weighted by Gasteiger charge is 2.26. The molecule has 0 bridgehead atoms. The molecule has 2 N–H and O–H groups in total. The van der Waals surface area contributed by atoms with E-state index in [1.165, 1.54) is 0 Å². The maximum absolute atomic E-state index is 11.9. The van der Waals surface area contributed by atoms with Gasteiger partial charge in [-0.25, -0.2) is 9.59 Å². The van der Waals surface area contributed by atoms with Gasteiger partial charge in [-0.3, -0.25) is 0 Å². The number of carboxylic acids is 2. The van der Waals surface area contributed by atoms with Gasteiger partial charge >= 0.3 is 11.9 Å². The van der Waals surface area contributed by atoms with Crippen LogP contribution in [0, 0.1) is 0 Å². The van der Waals surface area contributed by atoms with E-state index in [-0.39, 0.29) is 17.0 Å². The SMILES string of the molecule is CCCCCC(CC)c1cc2ccccc2c(C(=O)O)c1C(=O)O. The minimum absolute atomic E-state index is 0.0513. The molecule has 2 aromatic rings. The monoisotopic (exact) mass is 328 g/mol. The summed E-state index contributed by atoms with van der Waals surface area (Å²) in [7, 11) is 0. The van der Waals surface area contributed by atoms with Crippen LogP contribution in [-0.4, -0.2) is 22.2 Å². The molecule has 4 heteroatoms. The fraction of sp³-hybridized carbons (Fsp3) is 0.400. The summed E-state index contributed by atoms with van der Waals surface area (Å²) >= 11 is 0. The lowest BCUT2D eigenvalue weighted by atomic mass is 9.83. The van der Waals surface area contributed by atoms with Crippen LogP contribution in [0.2, 0.25) is 0 Å². The van der Waals surface area contributed by atoms with Crippen LogP contribution in [0.5, 0.6) is 0 Å². The van der Waals surface area contributed by atoms with E-state index in [2.05, 4.69) is 6.92 Å². The van der Waals surface area contributed by atoms with Gasteiger partial charge in [0.15, 0.2) is 0 Å². The predicted molar refractivity (Wildman–Crippen MR) is 95.0 cm³/mol. The lowest BCUT2D eigenvalue weighted by molar-refractivity contribution is 0.0651. The molecule has 0 spiro atoms. The molecule has 0 aliphatic rings. The van der Waals surface area contributed by atoms with E-state index in [0.29, 0.717) is 10.9 Å². The molecule has 0 aromatic heterocycles. The molecule has 128 valence electrons. The van der Waals surface area contributed by atoms with Crippen molar-refractivity contribution in [3.05, 3.63) is 47.0 Å². The second kappa shape index (κ2) is 7.95. The van der Waals surface area contributed by atoms with E-state index in [1.54, 1.807) is 12.1 Å². The Balaban J connectivity index is 2.69. The molecular formula is C20H24O4. The van der Waals surface area contributed by atoms with Gasteiger partial charge in [-0.1, -0.05) is 57.4 Å². The van der Waals surface area contributed by atoms with Gasteiger partial charge in [-0.15, -0.1) is 0 Å². The number of unbranched alkanes of at least 4 members (excludes halogenated alkanes) is 2. The first-order chi connectivity index (χ1) is 11.5. The van der Waals surface area contributed by atoms with Gasteiger partial charge in [0.2, 0.25) is 0 Å². The van der Waals surface area contributed by atoms with Crippen molar-refractivity contribution in [1.82, 2.24) is 0 Å². The van der Waals surface area contributed by atoms with Crippen LogP contribution in [0.15, 0.2) is 30.3 Å². The average Bonchev–Trinajstić information content (AvgIpc) is 2.56. The smallest absolute Gasteiger partial charge is 0.337 e. The molecule has 0 saturated heterocycles. The maximum Gasteiger partial charge on any atom is 0.337 e. The molecule has 1 atom stereocenters. The maximum atomic E-state index is 11.9. The fourth-order valence-corrected chi connectivity index (χ4v) is 3.36. The third kappa shape index (κ3) is 3.58. The van der Waals surface area contributed by atoms with Crippen molar-refractivity contribution < 1.29 is 19.8 Å². The number of carbonyl (C=O) groups is 2. The molecule has 2 rings (SSSR count). The van der Waals surface area contributed by atoms with Crippen molar-refractivity contribution in [3.8, 4) is 0 Å². The molecule has 0 amide bonds. The molecule has 0 heterocycles. The van der Waals surface area contributed by atoms with Gasteiger partial charge in [0.05, 0.1) is 11.1 Å². The van der Waals surface area contributed by atoms with E-state index in [9.17, 15) is 19.8 Å². The summed E-state index contributed by atoms with van der Waals surface area (Å²) in [4.78, 5) is 23.7. The highest BCUT2D eigenvalue weighted by molar-refractivity contribution is 6.12. The summed E-state index contributed by atoms with van der Waals surface area (Å²) in [6.07, 6.45) is 4.88. The number of aromatic carboxylic acids is 2. The molecular weight excluding hydrogens is 304 g/mol. The molecule has 0 fully saturated rings. The highest BCUT2D eigenvalue weighted by Crippen LogP contribution is 2.35. The molecule has 0 aliphatic heterocycles. The van der Waals surface area contributed by atoms with E-state index >= 15 is 0 Å². The van der Waals surface area contributed by atoms with E-state index in [4.69, 9.17) is 0 Å². The third-order valence-electron chi connectivity index (χ3n) is 4.60. The highest BCUT2D eigenvalue weighted by atomic mass is 16.4. The molecule has 0 radical (unpaired) electrons. The first-order valence-electron chi connectivity index (χ1n) is 8.53. The van der Waals surface area contributed by atoms with Gasteiger partial charge in [0.25, 0.3) is 0 Å². The lowest BCUT2D eigenvalue weighted by Crippen LogP contribution is -2.15. The largest absolute Gasteiger partial charge is 0.478 e. The zero-order valence-electron chi connectivity index (χ0n) is 14.2. The Morgan fingerprint density at radius 2 is 1.67 bits per heavy atom. The van der Waals surface area contributed by atoms with Gasteiger partial charge in [0.1, 0.15) is 0 Å². The van der Waals surface area contributed by atoms with Crippen LogP contribution in [0.1, 0.15) is 78.1 Å². The van der Waals surface area contributed by atoms with Gasteiger partial charge in [0, 0.05) is 0 Å². The Kier molecular flexibility index (Phi) is 5.96. The van der Waals surface area contributed by atoms with Gasteiger partial charge < -0.3 is 10.2 Å². The van der Waals surface area contributed by atoms with Crippen LogP contribution in [-0.2, 0) is 0 Å². The molecule has 2 aromatic carbocycles. The number of rotatable bonds is 8. The standard InChI is InChI=1S/C20H24O4/c1-3-5-6-9-13(4-2)16-12-14-10-7-8-11-15(14)17(19(21)22)18(16)20(23)24/h7-8,10-13H,3-6,9H2,1-2H3,(H,21,22)(H,23,24). The fourth-order valence-electron chi connectivity index (χ4n) is 3.36. The van der Waals surface area contributed by atoms with Crippen molar-refractivity contribution in [2.45, 2.75) is 51.9 Å². The van der Waals surface area contributed by atoms with Crippen LogP contribution >= 0.6 is 0 Å². The first kappa shape index (κ1) is 18.0. The number of hydrogen-bond acceptors (Lipinski definition) is 2. The molecule has 4 nitrogen and oxygen atoms in total. The number of carboxylic acid groups (broad SMARTS) is 2. The van der Waals surface area contributed by atoms with Crippen LogP contribution in [0.3, 0.4) is 0 Å². The number of hydrogen-bond donors (Lipinski definition) is 2. The summed E-state index contributed by atoms with van der Waals surface area (Å²) in [5, 5.41) is 20.6. The normalized spacial score (nSPS) is 12.2. The number of fused-ring (bicyclic) bond motifs is 1. The quantitative estimate of drug-likeness (QED) is 0.644. The number of benzene rings is 2. The average molecular weight is 328 g/mol. The third-order valence-corrected chi connectivity index (χ3v) is 4.60. The summed E-state index contributed by atoms with van der Waals surface area (Å²) < 4.78 is 0. The molecule has 24 heavy (non-hydrogen) atoms. The van der Waals surface area contributed by atoms with E-state index in [0.717, 1.165) is 37.5 Å². The zero-order valence-corrected chi connectivity index (χ0v) is 14.2. The Morgan fingerprint density at radius 3 is 2.25 bits per heavy atom. The zero-order chi connectivity index (χ0) is 17.7.